The lowest BCUT2D eigenvalue weighted by Crippen LogP contribution is -2.23. The van der Waals surface area contributed by atoms with Crippen LogP contribution in [0.1, 0.15) is 30.4 Å². The third-order valence-electron chi connectivity index (χ3n) is 1.53. The van der Waals surface area contributed by atoms with Gasteiger partial charge < -0.3 is 4.74 Å². The number of rotatable bonds is 2. The Morgan fingerprint density at radius 3 is 2.65 bits per heavy atom. The van der Waals surface area contributed by atoms with Crippen LogP contribution in [0.2, 0.25) is 5.02 Å². The minimum Gasteiger partial charge on any atom is -0.456 e. The molecule has 0 aliphatic carbocycles. The molecule has 0 saturated carbocycles. The predicted molar refractivity (Wildman–Crippen MR) is 69.1 cm³/mol. The molecule has 1 aromatic rings. The van der Waals surface area contributed by atoms with Crippen LogP contribution in [0.15, 0.2) is 4.99 Å². The van der Waals surface area contributed by atoms with Gasteiger partial charge in [0.1, 0.15) is 16.2 Å². The molecule has 0 radical (unpaired) electrons. The summed E-state index contributed by atoms with van der Waals surface area (Å²) in [5.41, 5.74) is -0.846. The minimum absolute atomic E-state index is 0.0249. The van der Waals surface area contributed by atoms with Gasteiger partial charge >= 0.3 is 5.97 Å². The molecule has 0 N–H and O–H groups in total. The van der Waals surface area contributed by atoms with Gasteiger partial charge in [-0.3, -0.25) is 0 Å². The van der Waals surface area contributed by atoms with Crippen LogP contribution in [0.4, 0.5) is 10.1 Å². The van der Waals surface area contributed by atoms with E-state index in [0.717, 1.165) is 0 Å². The van der Waals surface area contributed by atoms with E-state index in [1.54, 1.807) is 20.8 Å². The average Bonchev–Trinajstić information content (AvgIpc) is 2.43. The Labute approximate surface area is 112 Å². The standard InChI is InChI=1S/C10H9ClFNO2S2/c1-10(2,3)15-9(14)7-5(11)6(13-4-16)8(12)17-7/h1-3H3. The zero-order valence-electron chi connectivity index (χ0n) is 9.34. The SMILES string of the molecule is CC(C)(C)OC(=O)c1sc(F)c(N=C=S)c1Cl. The van der Waals surface area contributed by atoms with Gasteiger partial charge in [-0.25, -0.2) is 4.79 Å². The normalized spacial score (nSPS) is 10.9. The molecule has 0 saturated heterocycles. The monoisotopic (exact) mass is 293 g/mol. The Balaban J connectivity index is 3.12. The largest absolute Gasteiger partial charge is 0.456 e. The number of esters is 1. The Hall–Kier alpha value is -0.810. The molecule has 1 aromatic heterocycles. The molecular weight excluding hydrogens is 285 g/mol. The van der Waals surface area contributed by atoms with Crippen molar-refractivity contribution in [2.75, 3.05) is 0 Å². The second-order valence-corrected chi connectivity index (χ2v) is 5.60. The maximum atomic E-state index is 13.4. The molecule has 0 atom stereocenters. The first-order valence-electron chi connectivity index (χ1n) is 4.55. The molecule has 0 aliphatic heterocycles. The van der Waals surface area contributed by atoms with E-state index in [-0.39, 0.29) is 15.6 Å². The molecule has 0 fully saturated rings. The molecule has 0 aliphatic rings. The Bertz CT molecular complexity index is 501. The van der Waals surface area contributed by atoms with Crippen molar-refractivity contribution < 1.29 is 13.9 Å². The topological polar surface area (TPSA) is 38.7 Å². The third kappa shape index (κ3) is 3.57. The fraction of sp³-hybridized carbons (Fsp3) is 0.400. The molecule has 0 amide bonds. The van der Waals surface area contributed by atoms with Crippen LogP contribution in [0.25, 0.3) is 0 Å². The van der Waals surface area contributed by atoms with Gasteiger partial charge in [-0.2, -0.15) is 9.38 Å². The lowest BCUT2D eigenvalue weighted by Gasteiger charge is -2.18. The molecule has 0 unspecified atom stereocenters. The number of halogens is 2. The molecule has 0 bridgehead atoms. The summed E-state index contributed by atoms with van der Waals surface area (Å²) in [4.78, 5) is 15.1. The van der Waals surface area contributed by atoms with Gasteiger partial charge in [0.05, 0.1) is 10.2 Å². The maximum Gasteiger partial charge on any atom is 0.350 e. The lowest BCUT2D eigenvalue weighted by molar-refractivity contribution is 0.00754. The first kappa shape index (κ1) is 14.3. The molecule has 17 heavy (non-hydrogen) atoms. The Morgan fingerprint density at radius 1 is 1.59 bits per heavy atom. The summed E-state index contributed by atoms with van der Waals surface area (Å²) in [7, 11) is 0. The Kier molecular flexibility index (Phi) is 4.38. The van der Waals surface area contributed by atoms with Crippen LogP contribution in [0.3, 0.4) is 0 Å². The highest BCUT2D eigenvalue weighted by Gasteiger charge is 2.26. The van der Waals surface area contributed by atoms with E-state index in [1.807, 2.05) is 5.16 Å². The summed E-state index contributed by atoms with van der Waals surface area (Å²) in [6.45, 7) is 5.12. The van der Waals surface area contributed by atoms with Crippen molar-refractivity contribution >= 4 is 52.0 Å². The summed E-state index contributed by atoms with van der Waals surface area (Å²) >= 11 is 10.8. The van der Waals surface area contributed by atoms with Crippen LogP contribution < -0.4 is 0 Å². The van der Waals surface area contributed by atoms with E-state index in [2.05, 4.69) is 17.2 Å². The first-order valence-corrected chi connectivity index (χ1v) is 6.15. The van der Waals surface area contributed by atoms with Crippen molar-refractivity contribution in [2.24, 2.45) is 4.99 Å². The van der Waals surface area contributed by atoms with Crippen LogP contribution in [-0.4, -0.2) is 16.7 Å². The number of carbonyl (C=O) groups excluding carboxylic acids is 1. The van der Waals surface area contributed by atoms with Crippen LogP contribution in [0.5, 0.6) is 0 Å². The Morgan fingerprint density at radius 2 is 2.18 bits per heavy atom. The van der Waals surface area contributed by atoms with E-state index < -0.39 is 16.7 Å². The highest BCUT2D eigenvalue weighted by molar-refractivity contribution is 7.78. The van der Waals surface area contributed by atoms with E-state index in [0.29, 0.717) is 11.3 Å². The number of hydrogen-bond donors (Lipinski definition) is 0. The van der Waals surface area contributed by atoms with E-state index in [4.69, 9.17) is 16.3 Å². The van der Waals surface area contributed by atoms with Crippen molar-refractivity contribution in [2.45, 2.75) is 26.4 Å². The number of carbonyl (C=O) groups is 1. The van der Waals surface area contributed by atoms with Crippen LogP contribution in [-0.2, 0) is 4.74 Å². The predicted octanol–water partition coefficient (Wildman–Crippen LogP) is 4.23. The lowest BCUT2D eigenvalue weighted by atomic mass is 10.2. The summed E-state index contributed by atoms with van der Waals surface area (Å²) in [5, 5.41) is 1.22. The zero-order chi connectivity index (χ0) is 13.2. The molecular formula is C10H9ClFNO2S2. The number of hydrogen-bond acceptors (Lipinski definition) is 5. The highest BCUT2D eigenvalue weighted by atomic mass is 35.5. The van der Waals surface area contributed by atoms with Crippen molar-refractivity contribution in [3.8, 4) is 0 Å². The highest BCUT2D eigenvalue weighted by Crippen LogP contribution is 2.38. The van der Waals surface area contributed by atoms with Crippen LogP contribution in [0, 0.1) is 5.13 Å². The number of thiophene rings is 1. The van der Waals surface area contributed by atoms with E-state index in [9.17, 15) is 9.18 Å². The van der Waals surface area contributed by atoms with Gasteiger partial charge in [0.25, 0.3) is 0 Å². The van der Waals surface area contributed by atoms with Crippen LogP contribution >= 0.6 is 35.2 Å². The van der Waals surface area contributed by atoms with E-state index in [1.165, 1.54) is 0 Å². The number of isothiocyanates is 1. The summed E-state index contributed by atoms with van der Waals surface area (Å²) < 4.78 is 18.5. The number of nitrogens with zero attached hydrogens (tertiary/aromatic N) is 1. The fourth-order valence-electron chi connectivity index (χ4n) is 0.971. The van der Waals surface area contributed by atoms with Crippen molar-refractivity contribution in [3.05, 3.63) is 15.0 Å². The molecule has 0 spiro atoms. The van der Waals surface area contributed by atoms with Crippen molar-refractivity contribution in [1.29, 1.82) is 0 Å². The zero-order valence-corrected chi connectivity index (χ0v) is 11.7. The van der Waals surface area contributed by atoms with Crippen molar-refractivity contribution in [3.63, 3.8) is 0 Å². The molecule has 1 heterocycles. The number of aliphatic imine (C=N–C) groups is 1. The van der Waals surface area contributed by atoms with Gasteiger partial charge in [-0.05, 0) is 33.0 Å². The average molecular weight is 294 g/mol. The van der Waals surface area contributed by atoms with Gasteiger partial charge in [0.15, 0.2) is 0 Å². The minimum atomic E-state index is -0.687. The quantitative estimate of drug-likeness (QED) is 0.465. The summed E-state index contributed by atoms with van der Waals surface area (Å²) in [6.07, 6.45) is 0. The third-order valence-corrected chi connectivity index (χ3v) is 3.05. The van der Waals surface area contributed by atoms with Gasteiger partial charge in [-0.1, -0.05) is 22.9 Å². The number of thiocarbonyl (C=S) groups is 1. The molecule has 3 nitrogen and oxygen atoms in total. The number of ether oxygens (including phenoxy) is 1. The second kappa shape index (κ2) is 5.23. The second-order valence-electron chi connectivity index (χ2n) is 4.07. The first-order chi connectivity index (χ1) is 7.76. The molecule has 92 valence electrons. The smallest absolute Gasteiger partial charge is 0.350 e. The molecule has 1 rings (SSSR count). The molecule has 0 aromatic carbocycles. The van der Waals surface area contributed by atoms with Crippen molar-refractivity contribution in [1.82, 2.24) is 0 Å². The van der Waals surface area contributed by atoms with Gasteiger partial charge in [0, 0.05) is 0 Å². The maximum absolute atomic E-state index is 13.4. The van der Waals surface area contributed by atoms with E-state index >= 15 is 0 Å². The van der Waals surface area contributed by atoms with Gasteiger partial charge in [0.2, 0.25) is 5.13 Å². The summed E-state index contributed by atoms with van der Waals surface area (Å²) in [5.74, 6) is -0.683. The van der Waals surface area contributed by atoms with Gasteiger partial charge in [-0.15, -0.1) is 0 Å². The summed E-state index contributed by atoms with van der Waals surface area (Å²) in [6, 6.07) is 0. The molecule has 7 heteroatoms. The fourth-order valence-corrected chi connectivity index (χ4v) is 2.17.